The van der Waals surface area contributed by atoms with Gasteiger partial charge in [-0.15, -0.1) is 0 Å². The molecule has 1 aliphatic rings. The molecule has 1 heterocycles. The number of benzene rings is 1. The first kappa shape index (κ1) is 24.2. The van der Waals surface area contributed by atoms with E-state index in [2.05, 4.69) is 15.5 Å². The third-order valence-electron chi connectivity index (χ3n) is 4.90. The van der Waals surface area contributed by atoms with Crippen LogP contribution in [0.5, 0.6) is 0 Å². The van der Waals surface area contributed by atoms with Crippen LogP contribution < -0.4 is 16.4 Å². The zero-order chi connectivity index (χ0) is 22.8. The quantitative estimate of drug-likeness (QED) is 0.503. The van der Waals surface area contributed by atoms with E-state index in [-0.39, 0.29) is 18.2 Å². The monoisotopic (exact) mass is 431 g/mol. The van der Waals surface area contributed by atoms with Gasteiger partial charge in [0.1, 0.15) is 18.3 Å². The number of carbonyl (C=O) groups excluding carboxylic acids is 3. The minimum Gasteiger partial charge on any atom is -0.445 e. The smallest absolute Gasteiger partial charge is 0.408 e. The molecular weight excluding hydrogens is 398 g/mol. The Kier molecular flexibility index (Phi) is 9.33. The summed E-state index contributed by atoms with van der Waals surface area (Å²) in [5.41, 5.74) is 6.32. The lowest BCUT2D eigenvalue weighted by Gasteiger charge is -2.32. The molecule has 1 aromatic rings. The summed E-state index contributed by atoms with van der Waals surface area (Å²) in [6.45, 7) is 7.12. The number of carbonyl (C=O) groups is 3. The highest BCUT2D eigenvalue weighted by Crippen LogP contribution is 2.08. The van der Waals surface area contributed by atoms with Crippen molar-refractivity contribution in [3.05, 3.63) is 47.8 Å². The largest absolute Gasteiger partial charge is 0.445 e. The maximum Gasteiger partial charge on any atom is 0.408 e. The number of nitrogens with two attached hydrogens (primary N) is 1. The Bertz CT molecular complexity index is 773. The fourth-order valence-electron chi connectivity index (χ4n) is 3.12. The molecule has 0 aliphatic carbocycles. The zero-order valence-corrected chi connectivity index (χ0v) is 18.5. The number of primary amides is 1. The van der Waals surface area contributed by atoms with Gasteiger partial charge >= 0.3 is 6.09 Å². The summed E-state index contributed by atoms with van der Waals surface area (Å²) < 4.78 is 5.23. The van der Waals surface area contributed by atoms with E-state index in [1.165, 1.54) is 0 Å². The molecule has 0 bridgehead atoms. The van der Waals surface area contributed by atoms with Gasteiger partial charge in [-0.3, -0.25) is 9.59 Å². The van der Waals surface area contributed by atoms with Gasteiger partial charge in [0.25, 0.3) is 5.91 Å². The van der Waals surface area contributed by atoms with Crippen LogP contribution in [0, 0.1) is 5.92 Å². The Morgan fingerprint density at radius 1 is 1.13 bits per heavy atom. The normalized spacial score (nSPS) is 16.0. The number of amides is 3. The predicted molar refractivity (Wildman–Crippen MR) is 117 cm³/mol. The van der Waals surface area contributed by atoms with Crippen LogP contribution in [0.4, 0.5) is 4.79 Å². The minimum atomic E-state index is -0.862. The van der Waals surface area contributed by atoms with Gasteiger partial charge in [0.2, 0.25) is 5.91 Å². The van der Waals surface area contributed by atoms with Crippen molar-refractivity contribution < 1.29 is 19.1 Å². The molecule has 2 rings (SSSR count). The molecular formula is C22H33N5O4. The second-order valence-corrected chi connectivity index (χ2v) is 8.12. The molecule has 0 spiro atoms. The standard InChI is InChI=1S/C22H33N5O4/c1-16(2)13-18(25-22(30)31-15-17-7-5-4-6-8-17)21(29)24-19(20(23)28)14-27-11-9-26(3)10-12-27/h4-8,14,16,18H,9-13,15H2,1-3H3,(H2,23,28)(H,24,29)(H,25,30)/b19-14-/t18-/m0/s1. The van der Waals surface area contributed by atoms with Crippen molar-refractivity contribution in [2.24, 2.45) is 11.7 Å². The first-order valence-corrected chi connectivity index (χ1v) is 10.5. The SMILES string of the molecule is CC(C)C[C@H](NC(=O)OCc1ccccc1)C(=O)N/C(=C\N1CCN(C)CC1)C(N)=O. The Morgan fingerprint density at radius 3 is 2.35 bits per heavy atom. The molecule has 1 aliphatic heterocycles. The Morgan fingerprint density at radius 2 is 1.77 bits per heavy atom. The number of nitrogens with zero attached hydrogens (tertiary/aromatic N) is 2. The van der Waals surface area contributed by atoms with Gasteiger partial charge in [-0.1, -0.05) is 44.2 Å². The average Bonchev–Trinajstić information content (AvgIpc) is 2.73. The van der Waals surface area contributed by atoms with Crippen LogP contribution >= 0.6 is 0 Å². The molecule has 1 atom stereocenters. The van der Waals surface area contributed by atoms with Crippen molar-refractivity contribution in [2.75, 3.05) is 33.2 Å². The van der Waals surface area contributed by atoms with Gasteiger partial charge < -0.3 is 30.9 Å². The molecule has 1 saturated heterocycles. The first-order chi connectivity index (χ1) is 14.7. The highest BCUT2D eigenvalue weighted by atomic mass is 16.5. The number of piperazine rings is 1. The molecule has 170 valence electrons. The van der Waals surface area contributed by atoms with E-state index in [1.807, 2.05) is 56.1 Å². The number of alkyl carbamates (subject to hydrolysis) is 1. The summed E-state index contributed by atoms with van der Waals surface area (Å²) in [6, 6.07) is 8.40. The average molecular weight is 432 g/mol. The van der Waals surface area contributed by atoms with Gasteiger partial charge in [-0.2, -0.15) is 0 Å². The number of likely N-dealkylation sites (N-methyl/N-ethyl adjacent to an activating group) is 1. The molecule has 0 unspecified atom stereocenters. The van der Waals surface area contributed by atoms with Crippen LogP contribution in [-0.4, -0.2) is 67.0 Å². The van der Waals surface area contributed by atoms with Gasteiger partial charge in [0, 0.05) is 32.4 Å². The predicted octanol–water partition coefficient (Wildman–Crippen LogP) is 1.02. The van der Waals surface area contributed by atoms with E-state index in [0.717, 1.165) is 31.7 Å². The minimum absolute atomic E-state index is 0.00256. The Hall–Kier alpha value is -3.07. The van der Waals surface area contributed by atoms with Gasteiger partial charge in [-0.05, 0) is 24.9 Å². The molecule has 9 nitrogen and oxygen atoms in total. The van der Waals surface area contributed by atoms with E-state index >= 15 is 0 Å². The van der Waals surface area contributed by atoms with Crippen molar-refractivity contribution in [3.8, 4) is 0 Å². The van der Waals surface area contributed by atoms with Crippen LogP contribution in [0.1, 0.15) is 25.8 Å². The highest BCUT2D eigenvalue weighted by Gasteiger charge is 2.25. The summed E-state index contributed by atoms with van der Waals surface area (Å²) >= 11 is 0. The second kappa shape index (κ2) is 11.9. The summed E-state index contributed by atoms with van der Waals surface area (Å²) in [6.07, 6.45) is 1.26. The molecule has 3 amide bonds. The fourth-order valence-corrected chi connectivity index (χ4v) is 3.12. The van der Waals surface area contributed by atoms with Crippen molar-refractivity contribution in [1.82, 2.24) is 20.4 Å². The number of ether oxygens (including phenoxy) is 1. The van der Waals surface area contributed by atoms with E-state index in [4.69, 9.17) is 10.5 Å². The topological polar surface area (TPSA) is 117 Å². The third kappa shape index (κ3) is 8.67. The lowest BCUT2D eigenvalue weighted by atomic mass is 10.0. The maximum absolute atomic E-state index is 12.8. The maximum atomic E-state index is 12.8. The molecule has 0 radical (unpaired) electrons. The van der Waals surface area contributed by atoms with Crippen molar-refractivity contribution in [2.45, 2.75) is 32.9 Å². The summed E-state index contributed by atoms with van der Waals surface area (Å²) in [7, 11) is 2.02. The third-order valence-corrected chi connectivity index (χ3v) is 4.90. The van der Waals surface area contributed by atoms with Crippen LogP contribution in [0.15, 0.2) is 42.2 Å². The summed E-state index contributed by atoms with van der Waals surface area (Å²) in [4.78, 5) is 41.1. The molecule has 0 aromatic heterocycles. The number of nitrogens with one attached hydrogen (secondary N) is 2. The van der Waals surface area contributed by atoms with E-state index in [0.29, 0.717) is 6.42 Å². The zero-order valence-electron chi connectivity index (χ0n) is 18.5. The van der Waals surface area contributed by atoms with Crippen LogP contribution in [0.2, 0.25) is 0 Å². The summed E-state index contributed by atoms with van der Waals surface area (Å²) in [5.74, 6) is -1.12. The number of hydrogen-bond acceptors (Lipinski definition) is 6. The van der Waals surface area contributed by atoms with E-state index in [1.54, 1.807) is 6.20 Å². The summed E-state index contributed by atoms with van der Waals surface area (Å²) in [5, 5.41) is 5.18. The van der Waals surface area contributed by atoms with Crippen LogP contribution in [0.25, 0.3) is 0 Å². The Labute approximate surface area is 183 Å². The lowest BCUT2D eigenvalue weighted by molar-refractivity contribution is -0.124. The van der Waals surface area contributed by atoms with Gasteiger partial charge in [0.15, 0.2) is 0 Å². The highest BCUT2D eigenvalue weighted by molar-refractivity contribution is 5.98. The van der Waals surface area contributed by atoms with Crippen molar-refractivity contribution in [1.29, 1.82) is 0 Å². The molecule has 1 aromatic carbocycles. The Balaban J connectivity index is 1.99. The number of hydrogen-bond donors (Lipinski definition) is 3. The molecule has 31 heavy (non-hydrogen) atoms. The van der Waals surface area contributed by atoms with E-state index in [9.17, 15) is 14.4 Å². The number of rotatable bonds is 9. The molecule has 1 fully saturated rings. The first-order valence-electron chi connectivity index (χ1n) is 10.5. The lowest BCUT2D eigenvalue weighted by Crippen LogP contribution is -2.49. The van der Waals surface area contributed by atoms with Crippen molar-refractivity contribution in [3.63, 3.8) is 0 Å². The van der Waals surface area contributed by atoms with Gasteiger partial charge in [0.05, 0.1) is 0 Å². The van der Waals surface area contributed by atoms with Gasteiger partial charge in [-0.25, -0.2) is 4.79 Å². The fraction of sp³-hybridized carbons (Fsp3) is 0.500. The second-order valence-electron chi connectivity index (χ2n) is 8.12. The molecule has 9 heteroatoms. The molecule has 4 N–H and O–H groups in total. The van der Waals surface area contributed by atoms with Crippen LogP contribution in [0.3, 0.4) is 0 Å². The van der Waals surface area contributed by atoms with Crippen molar-refractivity contribution >= 4 is 17.9 Å². The molecule has 0 saturated carbocycles. The van der Waals surface area contributed by atoms with Crippen LogP contribution in [-0.2, 0) is 20.9 Å². The van der Waals surface area contributed by atoms with E-state index < -0.39 is 23.9 Å².